The van der Waals surface area contributed by atoms with Gasteiger partial charge in [0.05, 0.1) is 0 Å². The van der Waals surface area contributed by atoms with Gasteiger partial charge in [-0.2, -0.15) is 0 Å². The number of rotatable bonds is 3. The second kappa shape index (κ2) is 5.31. The summed E-state index contributed by atoms with van der Waals surface area (Å²) in [6.07, 6.45) is 0. The van der Waals surface area contributed by atoms with Crippen LogP contribution in [-0.2, 0) is 5.41 Å². The lowest BCUT2D eigenvalue weighted by Gasteiger charge is -2.31. The normalized spacial score (nSPS) is 13.6. The van der Waals surface area contributed by atoms with E-state index in [0.29, 0.717) is 12.6 Å². The van der Waals surface area contributed by atoms with Gasteiger partial charge in [0.2, 0.25) is 0 Å². The zero-order chi connectivity index (χ0) is 14.1. The van der Waals surface area contributed by atoms with Crippen LogP contribution in [0.4, 0.5) is 5.69 Å². The summed E-state index contributed by atoms with van der Waals surface area (Å²) in [5.74, 6) is 0. The van der Waals surface area contributed by atoms with Crippen molar-refractivity contribution in [3.8, 4) is 0 Å². The van der Waals surface area contributed by atoms with Crippen LogP contribution in [0.1, 0.15) is 44.4 Å². The van der Waals surface area contributed by atoms with Crippen molar-refractivity contribution in [2.75, 3.05) is 18.5 Å². The summed E-state index contributed by atoms with van der Waals surface area (Å²) in [6, 6.07) is 4.98. The molecule has 1 aromatic carbocycles. The topological polar surface area (TPSA) is 29.3 Å². The average molecular weight is 248 g/mol. The van der Waals surface area contributed by atoms with Crippen LogP contribution in [0.25, 0.3) is 0 Å². The van der Waals surface area contributed by atoms with Crippen LogP contribution in [0, 0.1) is 13.8 Å². The van der Waals surface area contributed by atoms with Crippen LogP contribution in [0.3, 0.4) is 0 Å². The minimum atomic E-state index is 0.201. The van der Waals surface area contributed by atoms with Gasteiger partial charge in [-0.3, -0.25) is 0 Å². The molecule has 0 aliphatic rings. The lowest BCUT2D eigenvalue weighted by molar-refractivity contribution is 0.588. The van der Waals surface area contributed by atoms with Gasteiger partial charge < -0.3 is 10.6 Å². The smallest absolute Gasteiger partial charge is 0.0426 e. The maximum Gasteiger partial charge on any atom is 0.0426 e. The highest BCUT2D eigenvalue weighted by Gasteiger charge is 2.19. The summed E-state index contributed by atoms with van der Waals surface area (Å²) < 4.78 is 0. The summed E-state index contributed by atoms with van der Waals surface area (Å²) in [6.45, 7) is 14.0. The van der Waals surface area contributed by atoms with E-state index in [1.807, 2.05) is 0 Å². The van der Waals surface area contributed by atoms with E-state index in [-0.39, 0.29) is 5.41 Å². The number of anilines is 1. The van der Waals surface area contributed by atoms with E-state index in [4.69, 9.17) is 5.73 Å². The molecular weight excluding hydrogens is 220 g/mol. The van der Waals surface area contributed by atoms with Crippen molar-refractivity contribution in [2.45, 2.75) is 53.0 Å². The Labute approximate surface area is 112 Å². The van der Waals surface area contributed by atoms with Gasteiger partial charge in [0, 0.05) is 25.3 Å². The van der Waals surface area contributed by atoms with E-state index in [1.165, 1.54) is 22.4 Å². The third kappa shape index (κ3) is 3.05. The standard InChI is InChI=1S/C16H28N2/c1-11-8-14(16(4,5)6)9-12(2)15(11)18(7)13(3)10-17/h8-9,13H,10,17H2,1-7H3. The number of aryl methyl sites for hydroxylation is 2. The maximum absolute atomic E-state index is 5.77. The first-order valence-corrected chi connectivity index (χ1v) is 6.73. The Balaban J connectivity index is 3.25. The summed E-state index contributed by atoms with van der Waals surface area (Å²) in [4.78, 5) is 2.29. The summed E-state index contributed by atoms with van der Waals surface area (Å²) >= 11 is 0. The first-order valence-electron chi connectivity index (χ1n) is 6.73. The number of likely N-dealkylation sites (N-methyl/N-ethyl adjacent to an activating group) is 1. The van der Waals surface area contributed by atoms with Crippen LogP contribution in [0.5, 0.6) is 0 Å². The van der Waals surface area contributed by atoms with Crippen LogP contribution in [0.15, 0.2) is 12.1 Å². The lowest BCUT2D eigenvalue weighted by atomic mass is 9.84. The summed E-state index contributed by atoms with van der Waals surface area (Å²) in [5.41, 5.74) is 11.4. The predicted molar refractivity (Wildman–Crippen MR) is 81.5 cm³/mol. The molecule has 0 aliphatic heterocycles. The van der Waals surface area contributed by atoms with E-state index in [0.717, 1.165) is 0 Å². The van der Waals surface area contributed by atoms with Crippen molar-refractivity contribution in [1.82, 2.24) is 0 Å². The largest absolute Gasteiger partial charge is 0.370 e. The molecule has 0 aromatic heterocycles. The van der Waals surface area contributed by atoms with Crippen molar-refractivity contribution in [1.29, 1.82) is 0 Å². The highest BCUT2D eigenvalue weighted by molar-refractivity contribution is 5.61. The molecule has 18 heavy (non-hydrogen) atoms. The SMILES string of the molecule is Cc1cc(C(C)(C)C)cc(C)c1N(C)C(C)CN. The van der Waals surface area contributed by atoms with Gasteiger partial charge in [-0.15, -0.1) is 0 Å². The zero-order valence-electron chi connectivity index (χ0n) is 13.0. The van der Waals surface area contributed by atoms with E-state index >= 15 is 0 Å². The molecule has 0 bridgehead atoms. The molecule has 2 heteroatoms. The Kier molecular flexibility index (Phi) is 4.44. The molecule has 0 radical (unpaired) electrons. The first kappa shape index (κ1) is 15.0. The molecule has 2 N–H and O–H groups in total. The Hall–Kier alpha value is -1.02. The molecule has 0 saturated heterocycles. The highest BCUT2D eigenvalue weighted by Crippen LogP contribution is 2.31. The highest BCUT2D eigenvalue weighted by atomic mass is 15.1. The quantitative estimate of drug-likeness (QED) is 0.888. The van der Waals surface area contributed by atoms with Gasteiger partial charge in [-0.25, -0.2) is 0 Å². The van der Waals surface area contributed by atoms with Crippen LogP contribution < -0.4 is 10.6 Å². The minimum Gasteiger partial charge on any atom is -0.370 e. The molecule has 102 valence electrons. The second-order valence-corrected chi connectivity index (χ2v) is 6.40. The fourth-order valence-corrected chi connectivity index (χ4v) is 2.32. The molecule has 1 unspecified atom stereocenters. The molecule has 0 spiro atoms. The Morgan fingerprint density at radius 2 is 1.61 bits per heavy atom. The van der Waals surface area contributed by atoms with E-state index in [2.05, 4.69) is 65.6 Å². The van der Waals surface area contributed by atoms with E-state index in [9.17, 15) is 0 Å². The monoisotopic (exact) mass is 248 g/mol. The van der Waals surface area contributed by atoms with Crippen molar-refractivity contribution in [3.05, 3.63) is 28.8 Å². The zero-order valence-corrected chi connectivity index (χ0v) is 13.0. The van der Waals surface area contributed by atoms with Crippen LogP contribution in [0.2, 0.25) is 0 Å². The van der Waals surface area contributed by atoms with E-state index in [1.54, 1.807) is 0 Å². The van der Waals surface area contributed by atoms with Crippen molar-refractivity contribution in [2.24, 2.45) is 5.73 Å². The first-order chi connectivity index (χ1) is 8.18. The fraction of sp³-hybridized carbons (Fsp3) is 0.625. The van der Waals surface area contributed by atoms with Crippen LogP contribution in [-0.4, -0.2) is 19.6 Å². The molecule has 0 saturated carbocycles. The Bertz CT molecular complexity index is 393. The number of nitrogens with two attached hydrogens (primary N) is 1. The average Bonchev–Trinajstić information content (AvgIpc) is 2.25. The third-order valence-corrected chi connectivity index (χ3v) is 3.71. The second-order valence-electron chi connectivity index (χ2n) is 6.40. The minimum absolute atomic E-state index is 0.201. The molecule has 0 amide bonds. The summed E-state index contributed by atoms with van der Waals surface area (Å²) in [5, 5.41) is 0. The molecule has 0 heterocycles. The number of hydrogen-bond donors (Lipinski definition) is 1. The van der Waals surface area contributed by atoms with Crippen LogP contribution >= 0.6 is 0 Å². The molecule has 1 aromatic rings. The van der Waals surface area contributed by atoms with Gasteiger partial charge >= 0.3 is 0 Å². The number of nitrogens with zero attached hydrogens (tertiary/aromatic N) is 1. The fourth-order valence-electron chi connectivity index (χ4n) is 2.32. The third-order valence-electron chi connectivity index (χ3n) is 3.71. The van der Waals surface area contributed by atoms with Crippen molar-refractivity contribution < 1.29 is 0 Å². The lowest BCUT2D eigenvalue weighted by Crippen LogP contribution is -2.36. The maximum atomic E-state index is 5.77. The number of benzene rings is 1. The molecule has 2 nitrogen and oxygen atoms in total. The number of hydrogen-bond acceptors (Lipinski definition) is 2. The molecular formula is C16H28N2. The van der Waals surface area contributed by atoms with Gasteiger partial charge in [-0.05, 0) is 42.9 Å². The Morgan fingerprint density at radius 3 is 1.94 bits per heavy atom. The van der Waals surface area contributed by atoms with Gasteiger partial charge in [0.1, 0.15) is 0 Å². The van der Waals surface area contributed by atoms with Gasteiger partial charge in [0.15, 0.2) is 0 Å². The van der Waals surface area contributed by atoms with Gasteiger partial charge in [0.25, 0.3) is 0 Å². The van der Waals surface area contributed by atoms with Gasteiger partial charge in [-0.1, -0.05) is 32.9 Å². The van der Waals surface area contributed by atoms with Crippen molar-refractivity contribution in [3.63, 3.8) is 0 Å². The molecule has 1 atom stereocenters. The Morgan fingerprint density at radius 1 is 1.17 bits per heavy atom. The summed E-state index contributed by atoms with van der Waals surface area (Å²) in [7, 11) is 2.13. The van der Waals surface area contributed by atoms with E-state index < -0.39 is 0 Å². The molecule has 0 aliphatic carbocycles. The predicted octanol–water partition coefficient (Wildman–Crippen LogP) is 3.38. The molecule has 0 fully saturated rings. The van der Waals surface area contributed by atoms with Crippen molar-refractivity contribution >= 4 is 5.69 Å². The molecule has 1 rings (SSSR count).